The monoisotopic (exact) mass is 271 g/mol. The Balaban J connectivity index is 2.07. The Hall–Kier alpha value is -1.91. The zero-order valence-electron chi connectivity index (χ0n) is 12.3. The van der Waals surface area contributed by atoms with E-state index in [0.717, 1.165) is 41.6 Å². The first kappa shape index (κ1) is 13.1. The van der Waals surface area contributed by atoms with Gasteiger partial charge in [0.25, 0.3) is 0 Å². The zero-order chi connectivity index (χ0) is 14.1. The molecule has 5 nitrogen and oxygen atoms in total. The highest BCUT2D eigenvalue weighted by molar-refractivity contribution is 5.67. The Morgan fingerprint density at radius 2 is 2.10 bits per heavy atom. The highest BCUT2D eigenvalue weighted by Crippen LogP contribution is 2.40. The number of nitrogens with zero attached hydrogens (tertiary/aromatic N) is 4. The number of aromatic nitrogens is 4. The van der Waals surface area contributed by atoms with Crippen molar-refractivity contribution in [3.8, 4) is 11.3 Å². The second kappa shape index (κ2) is 5.23. The number of rotatable bonds is 5. The van der Waals surface area contributed by atoms with Crippen LogP contribution in [0.25, 0.3) is 11.3 Å². The molecular formula is C15H21N5. The fourth-order valence-corrected chi connectivity index (χ4v) is 2.34. The molecule has 106 valence electrons. The lowest BCUT2D eigenvalue weighted by Gasteiger charge is -2.12. The fourth-order valence-electron chi connectivity index (χ4n) is 2.34. The Kier molecular flexibility index (Phi) is 3.42. The smallest absolute Gasteiger partial charge is 0.134 e. The third-order valence-electron chi connectivity index (χ3n) is 3.68. The lowest BCUT2D eigenvalue weighted by Crippen LogP contribution is -2.07. The molecule has 20 heavy (non-hydrogen) atoms. The summed E-state index contributed by atoms with van der Waals surface area (Å²) in [7, 11) is 0. The van der Waals surface area contributed by atoms with Gasteiger partial charge in [0.2, 0.25) is 0 Å². The van der Waals surface area contributed by atoms with Crippen LogP contribution in [-0.4, -0.2) is 26.3 Å². The van der Waals surface area contributed by atoms with E-state index in [0.29, 0.717) is 5.92 Å². The molecule has 1 aliphatic rings. The average Bonchev–Trinajstić information content (AvgIpc) is 3.19. The maximum absolute atomic E-state index is 4.79. The summed E-state index contributed by atoms with van der Waals surface area (Å²) >= 11 is 0. The van der Waals surface area contributed by atoms with Crippen molar-refractivity contribution < 1.29 is 0 Å². The van der Waals surface area contributed by atoms with Crippen molar-refractivity contribution >= 4 is 5.82 Å². The standard InChI is InChI=1S/C15H21N5/c1-4-16-14-10(3)13(12-8-17-20(5-2)9-12)18-15(19-14)11-6-7-11/h8-9,11H,4-7H2,1-3H3,(H,16,18,19). The van der Waals surface area contributed by atoms with Crippen molar-refractivity contribution in [3.63, 3.8) is 0 Å². The summed E-state index contributed by atoms with van der Waals surface area (Å²) in [5.41, 5.74) is 3.19. The van der Waals surface area contributed by atoms with Crippen LogP contribution in [0.5, 0.6) is 0 Å². The van der Waals surface area contributed by atoms with Crippen LogP contribution in [0, 0.1) is 6.92 Å². The molecule has 0 saturated heterocycles. The predicted molar refractivity (Wildman–Crippen MR) is 79.8 cm³/mol. The average molecular weight is 271 g/mol. The maximum Gasteiger partial charge on any atom is 0.134 e. The van der Waals surface area contributed by atoms with Crippen LogP contribution < -0.4 is 5.32 Å². The second-order valence-electron chi connectivity index (χ2n) is 5.29. The number of hydrogen-bond donors (Lipinski definition) is 1. The highest BCUT2D eigenvalue weighted by Gasteiger charge is 2.28. The molecule has 0 aromatic carbocycles. The number of aryl methyl sites for hydroxylation is 1. The van der Waals surface area contributed by atoms with Gasteiger partial charge in [0.1, 0.15) is 11.6 Å². The largest absolute Gasteiger partial charge is 0.370 e. The van der Waals surface area contributed by atoms with E-state index in [9.17, 15) is 0 Å². The zero-order valence-corrected chi connectivity index (χ0v) is 12.3. The lowest BCUT2D eigenvalue weighted by atomic mass is 10.1. The second-order valence-corrected chi connectivity index (χ2v) is 5.29. The molecule has 2 heterocycles. The van der Waals surface area contributed by atoms with Crippen molar-refractivity contribution in [2.75, 3.05) is 11.9 Å². The lowest BCUT2D eigenvalue weighted by molar-refractivity contribution is 0.660. The van der Waals surface area contributed by atoms with Gasteiger partial charge in [-0.2, -0.15) is 5.10 Å². The number of anilines is 1. The molecule has 0 aliphatic heterocycles. The van der Waals surface area contributed by atoms with Crippen molar-refractivity contribution in [2.45, 2.75) is 46.1 Å². The van der Waals surface area contributed by atoms with Gasteiger partial charge >= 0.3 is 0 Å². The van der Waals surface area contributed by atoms with Crippen LogP contribution in [0.2, 0.25) is 0 Å². The van der Waals surface area contributed by atoms with Gasteiger partial charge in [-0.1, -0.05) is 0 Å². The topological polar surface area (TPSA) is 55.6 Å². The molecule has 0 spiro atoms. The highest BCUT2D eigenvalue weighted by atomic mass is 15.3. The van der Waals surface area contributed by atoms with Crippen LogP contribution in [0.3, 0.4) is 0 Å². The van der Waals surface area contributed by atoms with Crippen LogP contribution >= 0.6 is 0 Å². The fraction of sp³-hybridized carbons (Fsp3) is 0.533. The minimum absolute atomic E-state index is 0.549. The van der Waals surface area contributed by atoms with Crippen LogP contribution in [0.15, 0.2) is 12.4 Å². The van der Waals surface area contributed by atoms with Gasteiger partial charge in [-0.05, 0) is 33.6 Å². The molecule has 0 radical (unpaired) electrons. The first-order valence-corrected chi connectivity index (χ1v) is 7.38. The molecule has 0 unspecified atom stereocenters. The summed E-state index contributed by atoms with van der Waals surface area (Å²) in [6.45, 7) is 8.00. The van der Waals surface area contributed by atoms with E-state index in [1.165, 1.54) is 12.8 Å². The van der Waals surface area contributed by atoms with E-state index in [1.54, 1.807) is 0 Å². The first-order valence-electron chi connectivity index (χ1n) is 7.38. The van der Waals surface area contributed by atoms with Crippen molar-refractivity contribution in [1.82, 2.24) is 19.7 Å². The maximum atomic E-state index is 4.79. The van der Waals surface area contributed by atoms with E-state index >= 15 is 0 Å². The molecule has 1 aliphatic carbocycles. The molecule has 1 fully saturated rings. The number of hydrogen-bond acceptors (Lipinski definition) is 4. The SMILES string of the molecule is CCNc1nc(C2CC2)nc(-c2cnn(CC)c2)c1C. The Labute approximate surface area is 119 Å². The van der Waals surface area contributed by atoms with Gasteiger partial charge in [0, 0.05) is 36.3 Å². The van der Waals surface area contributed by atoms with Crippen molar-refractivity contribution in [2.24, 2.45) is 0 Å². The van der Waals surface area contributed by atoms with Crippen LogP contribution in [0.1, 0.15) is 44.0 Å². The van der Waals surface area contributed by atoms with Gasteiger partial charge in [-0.15, -0.1) is 0 Å². The molecule has 0 bridgehead atoms. The van der Waals surface area contributed by atoms with E-state index in [4.69, 9.17) is 4.98 Å². The quantitative estimate of drug-likeness (QED) is 0.908. The molecule has 2 aromatic heterocycles. The van der Waals surface area contributed by atoms with Gasteiger partial charge < -0.3 is 5.32 Å². The molecular weight excluding hydrogens is 250 g/mol. The summed E-state index contributed by atoms with van der Waals surface area (Å²) < 4.78 is 1.93. The van der Waals surface area contributed by atoms with E-state index in [1.807, 2.05) is 10.9 Å². The predicted octanol–water partition coefficient (Wildman–Crippen LogP) is 2.98. The third kappa shape index (κ3) is 2.40. The van der Waals surface area contributed by atoms with Crippen LogP contribution in [-0.2, 0) is 6.54 Å². The van der Waals surface area contributed by atoms with Crippen LogP contribution in [0.4, 0.5) is 5.82 Å². The summed E-state index contributed by atoms with van der Waals surface area (Å²) in [5, 5.41) is 7.71. The summed E-state index contributed by atoms with van der Waals surface area (Å²) in [5.74, 6) is 2.49. The van der Waals surface area contributed by atoms with Gasteiger partial charge in [-0.3, -0.25) is 4.68 Å². The molecule has 1 saturated carbocycles. The summed E-state index contributed by atoms with van der Waals surface area (Å²) in [4.78, 5) is 9.48. The molecule has 3 rings (SSSR count). The van der Waals surface area contributed by atoms with Gasteiger partial charge in [-0.25, -0.2) is 9.97 Å². The minimum Gasteiger partial charge on any atom is -0.370 e. The molecule has 2 aromatic rings. The van der Waals surface area contributed by atoms with Gasteiger partial charge in [0.15, 0.2) is 0 Å². The number of nitrogens with one attached hydrogen (secondary N) is 1. The minimum atomic E-state index is 0.549. The van der Waals surface area contributed by atoms with E-state index in [-0.39, 0.29) is 0 Å². The first-order chi connectivity index (χ1) is 9.72. The molecule has 0 amide bonds. The molecule has 5 heteroatoms. The van der Waals surface area contributed by atoms with Gasteiger partial charge in [0.05, 0.1) is 11.9 Å². The third-order valence-corrected chi connectivity index (χ3v) is 3.68. The van der Waals surface area contributed by atoms with Crippen molar-refractivity contribution in [3.05, 3.63) is 23.8 Å². The van der Waals surface area contributed by atoms with Crippen molar-refractivity contribution in [1.29, 1.82) is 0 Å². The Morgan fingerprint density at radius 1 is 1.30 bits per heavy atom. The molecule has 0 atom stereocenters. The van der Waals surface area contributed by atoms with E-state index < -0.39 is 0 Å². The Bertz CT molecular complexity index is 613. The molecule has 1 N–H and O–H groups in total. The summed E-state index contributed by atoms with van der Waals surface area (Å²) in [6, 6.07) is 0. The van der Waals surface area contributed by atoms with E-state index in [2.05, 4.69) is 42.4 Å². The summed E-state index contributed by atoms with van der Waals surface area (Å²) in [6.07, 6.45) is 6.37. The Morgan fingerprint density at radius 3 is 2.70 bits per heavy atom. The normalized spacial score (nSPS) is 14.6.